The Kier molecular flexibility index (Phi) is 15.4. The zero-order chi connectivity index (χ0) is 18.3. The molecule has 0 fully saturated rings. The lowest BCUT2D eigenvalue weighted by Gasteiger charge is -2.36. The number of hydrogen-bond acceptors (Lipinski definition) is 2. The number of nitrogens with zero attached hydrogens (tertiary/aromatic N) is 2. The van der Waals surface area contributed by atoms with E-state index in [9.17, 15) is 0 Å². The Hall–Kier alpha value is 0.800. The van der Waals surface area contributed by atoms with Gasteiger partial charge in [0.25, 0.3) is 0 Å². The van der Waals surface area contributed by atoms with Crippen LogP contribution in [0.15, 0.2) is 0 Å². The number of quaternary nitrogens is 2. The van der Waals surface area contributed by atoms with Crippen molar-refractivity contribution >= 4 is 31.9 Å². The van der Waals surface area contributed by atoms with Crippen LogP contribution in [0.4, 0.5) is 0 Å². The van der Waals surface area contributed by atoms with Gasteiger partial charge in [0.1, 0.15) is 13.1 Å². The van der Waals surface area contributed by atoms with Crippen LogP contribution in [0.5, 0.6) is 0 Å². The third kappa shape index (κ3) is 9.48. The number of alkyl halides is 2. The third-order valence-electron chi connectivity index (χ3n) is 5.59. The fourth-order valence-electron chi connectivity index (χ4n) is 3.13. The molecule has 0 aliphatic rings. The minimum atomic E-state index is 0.707. The number of halogens is 2. The zero-order valence-electron chi connectivity index (χ0n) is 16.4. The second-order valence-corrected chi connectivity index (χ2v) is 8.03. The van der Waals surface area contributed by atoms with E-state index in [1.165, 1.54) is 39.3 Å². The maximum Gasteiger partial charge on any atom is 0.102 e. The van der Waals surface area contributed by atoms with E-state index in [0.29, 0.717) is 13.2 Å². The van der Waals surface area contributed by atoms with Crippen LogP contribution in [0, 0.1) is 0 Å². The molecule has 0 spiro atoms. The molecule has 0 radical (unpaired) electrons. The molecule has 0 aromatic heterocycles. The van der Waals surface area contributed by atoms with E-state index in [1.54, 1.807) is 0 Å². The van der Waals surface area contributed by atoms with E-state index in [-0.39, 0.29) is 0 Å². The molecule has 0 atom stereocenters. The fraction of sp³-hybridized carbons (Fsp3) is 1.00. The molecule has 0 N–H and O–H groups in total. The van der Waals surface area contributed by atoms with Gasteiger partial charge in [0, 0.05) is 0 Å². The van der Waals surface area contributed by atoms with Crippen LogP contribution in [0.2, 0.25) is 0 Å². The smallest absolute Gasteiger partial charge is 0.102 e. The predicted octanol–water partition coefficient (Wildman–Crippen LogP) is 3.52. The molecular weight excluding hydrogens is 436 g/mol. The Balaban J connectivity index is 3.83. The zero-order valence-corrected chi connectivity index (χ0v) is 19.5. The predicted molar refractivity (Wildman–Crippen MR) is 111 cm³/mol. The monoisotopic (exact) mass is 474 g/mol. The standard InChI is InChI=1S/C18H40Br2N2O2/c1-5-21(6-2,11-9-19)13-15-23-17-18-24-16-14-22(7-3,8-4)12-10-20/h5-18H2,1-4H3/q+2. The van der Waals surface area contributed by atoms with Crippen molar-refractivity contribution in [2.45, 2.75) is 27.7 Å². The molecule has 0 aromatic carbocycles. The van der Waals surface area contributed by atoms with Crippen molar-refractivity contribution in [3.05, 3.63) is 0 Å². The molecule has 0 aromatic rings. The average molecular weight is 476 g/mol. The van der Waals surface area contributed by atoms with Crippen molar-refractivity contribution < 1.29 is 18.4 Å². The maximum atomic E-state index is 5.80. The second kappa shape index (κ2) is 14.9. The van der Waals surface area contributed by atoms with E-state index < -0.39 is 0 Å². The molecule has 146 valence electrons. The van der Waals surface area contributed by atoms with Crippen molar-refractivity contribution in [3.8, 4) is 0 Å². The van der Waals surface area contributed by atoms with Gasteiger partial charge in [-0.2, -0.15) is 0 Å². The fourth-order valence-corrected chi connectivity index (χ4v) is 4.64. The highest BCUT2D eigenvalue weighted by atomic mass is 79.9. The van der Waals surface area contributed by atoms with E-state index in [0.717, 1.165) is 45.9 Å². The van der Waals surface area contributed by atoms with Crippen LogP contribution in [0.1, 0.15) is 27.7 Å². The Morgan fingerprint density at radius 2 is 0.875 bits per heavy atom. The van der Waals surface area contributed by atoms with Gasteiger partial charge in [-0.05, 0) is 27.7 Å². The average Bonchev–Trinajstić information content (AvgIpc) is 2.62. The quantitative estimate of drug-likeness (QED) is 0.182. The summed E-state index contributed by atoms with van der Waals surface area (Å²) in [5, 5.41) is 2.11. The Bertz CT molecular complexity index is 258. The van der Waals surface area contributed by atoms with Gasteiger partial charge in [0.05, 0.1) is 76.4 Å². The van der Waals surface area contributed by atoms with Crippen LogP contribution in [-0.4, -0.2) is 98.4 Å². The topological polar surface area (TPSA) is 18.5 Å². The first-order chi connectivity index (χ1) is 11.6. The number of ether oxygens (including phenoxy) is 2. The summed E-state index contributed by atoms with van der Waals surface area (Å²) in [6, 6.07) is 0. The summed E-state index contributed by atoms with van der Waals surface area (Å²) in [5.74, 6) is 0. The van der Waals surface area contributed by atoms with Crippen molar-refractivity contribution in [2.75, 3.05) is 89.4 Å². The Morgan fingerprint density at radius 1 is 0.542 bits per heavy atom. The van der Waals surface area contributed by atoms with Gasteiger partial charge in [-0.3, -0.25) is 0 Å². The lowest BCUT2D eigenvalue weighted by atomic mass is 10.3. The molecular formula is C18H40Br2N2O2+2. The molecule has 4 nitrogen and oxygen atoms in total. The lowest BCUT2D eigenvalue weighted by Crippen LogP contribution is -2.51. The minimum Gasteiger partial charge on any atom is -0.373 e. The molecule has 0 saturated carbocycles. The van der Waals surface area contributed by atoms with Gasteiger partial charge in [-0.15, -0.1) is 0 Å². The van der Waals surface area contributed by atoms with Crippen molar-refractivity contribution in [2.24, 2.45) is 0 Å². The molecule has 0 aliphatic heterocycles. The van der Waals surface area contributed by atoms with Crippen LogP contribution < -0.4 is 0 Å². The van der Waals surface area contributed by atoms with Crippen molar-refractivity contribution in [1.82, 2.24) is 0 Å². The van der Waals surface area contributed by atoms with Gasteiger partial charge in [0.15, 0.2) is 0 Å². The second-order valence-electron chi connectivity index (χ2n) is 6.45. The van der Waals surface area contributed by atoms with E-state index in [4.69, 9.17) is 9.47 Å². The number of likely N-dealkylation sites (N-methyl/N-ethyl adjacent to an activating group) is 2. The van der Waals surface area contributed by atoms with Crippen molar-refractivity contribution in [1.29, 1.82) is 0 Å². The minimum absolute atomic E-state index is 0.707. The summed E-state index contributed by atoms with van der Waals surface area (Å²) in [5.41, 5.74) is 0. The molecule has 24 heavy (non-hydrogen) atoms. The molecule has 0 bridgehead atoms. The molecule has 0 saturated heterocycles. The Labute approximate surface area is 167 Å². The van der Waals surface area contributed by atoms with Gasteiger partial charge in [-0.1, -0.05) is 31.9 Å². The first kappa shape index (κ1) is 24.8. The number of hydrogen-bond donors (Lipinski definition) is 0. The van der Waals surface area contributed by atoms with Crippen LogP contribution >= 0.6 is 31.9 Å². The van der Waals surface area contributed by atoms with E-state index >= 15 is 0 Å². The largest absolute Gasteiger partial charge is 0.373 e. The summed E-state index contributed by atoms with van der Waals surface area (Å²) in [6.07, 6.45) is 0. The Morgan fingerprint density at radius 3 is 1.12 bits per heavy atom. The van der Waals surface area contributed by atoms with E-state index in [2.05, 4.69) is 59.6 Å². The highest BCUT2D eigenvalue weighted by Gasteiger charge is 2.22. The molecule has 0 heterocycles. The van der Waals surface area contributed by atoms with Crippen LogP contribution in [0.3, 0.4) is 0 Å². The first-order valence-electron chi connectivity index (χ1n) is 9.55. The lowest BCUT2D eigenvalue weighted by molar-refractivity contribution is -0.923. The van der Waals surface area contributed by atoms with Gasteiger partial charge >= 0.3 is 0 Å². The summed E-state index contributed by atoms with van der Waals surface area (Å²) < 4.78 is 13.9. The third-order valence-corrected chi connectivity index (χ3v) is 6.30. The van der Waals surface area contributed by atoms with Crippen molar-refractivity contribution in [3.63, 3.8) is 0 Å². The van der Waals surface area contributed by atoms with E-state index in [1.807, 2.05) is 0 Å². The molecule has 0 rings (SSSR count). The first-order valence-corrected chi connectivity index (χ1v) is 11.8. The molecule has 0 amide bonds. The summed E-state index contributed by atoms with van der Waals surface area (Å²) in [7, 11) is 0. The van der Waals surface area contributed by atoms with Crippen LogP contribution in [-0.2, 0) is 9.47 Å². The summed E-state index contributed by atoms with van der Waals surface area (Å²) in [6.45, 7) is 21.4. The normalized spacial score (nSPS) is 12.8. The maximum absolute atomic E-state index is 5.80. The highest BCUT2D eigenvalue weighted by molar-refractivity contribution is 9.09. The summed E-state index contributed by atoms with van der Waals surface area (Å²) in [4.78, 5) is 0. The van der Waals surface area contributed by atoms with Gasteiger partial charge in [-0.25, -0.2) is 0 Å². The molecule has 0 unspecified atom stereocenters. The molecule has 0 aliphatic carbocycles. The SMILES string of the molecule is CC[N+](CC)(CCBr)CCOCCOCC[N+](CC)(CC)CCBr. The van der Waals surface area contributed by atoms with Gasteiger partial charge < -0.3 is 18.4 Å². The molecule has 6 heteroatoms. The summed E-state index contributed by atoms with van der Waals surface area (Å²) >= 11 is 7.15. The highest BCUT2D eigenvalue weighted by Crippen LogP contribution is 2.08. The number of rotatable bonds is 17. The van der Waals surface area contributed by atoms with Gasteiger partial charge in [0.2, 0.25) is 0 Å². The van der Waals surface area contributed by atoms with Crippen LogP contribution in [0.25, 0.3) is 0 Å².